The van der Waals surface area contributed by atoms with Crippen molar-refractivity contribution in [3.8, 4) is 0 Å². The number of tetrazole rings is 1. The van der Waals surface area contributed by atoms with Crippen LogP contribution in [-0.4, -0.2) is 41.2 Å². The minimum absolute atomic E-state index is 0.546. The topological polar surface area (TPSA) is 64.7 Å². The zero-order valence-electron chi connectivity index (χ0n) is 12.0. The number of imidazole rings is 1. The lowest BCUT2D eigenvalue weighted by Gasteiger charge is -2.26. The lowest BCUT2D eigenvalue weighted by Crippen LogP contribution is -2.32. The van der Waals surface area contributed by atoms with E-state index in [2.05, 4.69) is 30.0 Å². The van der Waals surface area contributed by atoms with Crippen molar-refractivity contribution >= 4 is 0 Å². The van der Waals surface area contributed by atoms with Crippen LogP contribution in [0.25, 0.3) is 0 Å². The van der Waals surface area contributed by atoms with E-state index in [9.17, 15) is 0 Å². The van der Waals surface area contributed by atoms with Gasteiger partial charge in [-0.05, 0) is 36.1 Å². The zero-order valence-corrected chi connectivity index (χ0v) is 12.0. The molecule has 0 radical (unpaired) electrons. The summed E-state index contributed by atoms with van der Waals surface area (Å²) in [6, 6.07) is 1.28. The second-order valence-corrected chi connectivity index (χ2v) is 6.51. The highest BCUT2D eigenvalue weighted by atomic mass is 15.6. The summed E-state index contributed by atoms with van der Waals surface area (Å²) in [6.45, 7) is 2.83. The molecule has 0 bridgehead atoms. The van der Waals surface area contributed by atoms with E-state index in [0.29, 0.717) is 6.04 Å². The van der Waals surface area contributed by atoms with Crippen LogP contribution in [0.3, 0.4) is 0 Å². The minimum Gasteiger partial charge on any atom is -0.331 e. The van der Waals surface area contributed by atoms with Crippen molar-refractivity contribution in [1.82, 2.24) is 34.7 Å². The summed E-state index contributed by atoms with van der Waals surface area (Å²) in [6.07, 6.45) is 8.21. The van der Waals surface area contributed by atoms with Gasteiger partial charge in [-0.1, -0.05) is 0 Å². The first-order valence-corrected chi connectivity index (χ1v) is 7.92. The molecule has 0 saturated heterocycles. The Labute approximate surface area is 123 Å². The molecule has 2 aromatic rings. The van der Waals surface area contributed by atoms with Crippen LogP contribution in [0.2, 0.25) is 0 Å². The molecule has 7 heteroatoms. The van der Waals surface area contributed by atoms with E-state index < -0.39 is 0 Å². The molecule has 2 aliphatic carbocycles. The third kappa shape index (κ3) is 2.07. The maximum atomic E-state index is 4.63. The number of fused-ring (bicyclic) bond motifs is 1. The molecule has 5 rings (SSSR count). The van der Waals surface area contributed by atoms with E-state index >= 15 is 0 Å². The molecule has 2 saturated carbocycles. The van der Waals surface area contributed by atoms with Gasteiger partial charge in [0.2, 0.25) is 0 Å². The highest BCUT2D eigenvalue weighted by Gasteiger charge is 2.31. The number of hydrogen-bond acceptors (Lipinski definition) is 5. The molecule has 7 nitrogen and oxygen atoms in total. The van der Waals surface area contributed by atoms with Crippen molar-refractivity contribution in [2.75, 3.05) is 6.54 Å². The molecule has 2 aromatic heterocycles. The van der Waals surface area contributed by atoms with Gasteiger partial charge < -0.3 is 4.57 Å². The van der Waals surface area contributed by atoms with Crippen molar-refractivity contribution in [2.45, 2.75) is 57.3 Å². The molecule has 0 N–H and O–H groups in total. The van der Waals surface area contributed by atoms with Crippen molar-refractivity contribution in [1.29, 1.82) is 0 Å². The molecule has 0 unspecified atom stereocenters. The molecule has 0 spiro atoms. The van der Waals surface area contributed by atoms with Crippen molar-refractivity contribution in [3.05, 3.63) is 23.5 Å². The van der Waals surface area contributed by atoms with Gasteiger partial charge in [0, 0.05) is 31.2 Å². The Morgan fingerprint density at radius 2 is 2.00 bits per heavy atom. The van der Waals surface area contributed by atoms with Gasteiger partial charge in [-0.3, -0.25) is 4.90 Å². The van der Waals surface area contributed by atoms with Crippen LogP contribution in [0.1, 0.15) is 55.0 Å². The Kier molecular flexibility index (Phi) is 2.46. The lowest BCUT2D eigenvalue weighted by atomic mass is 10.1. The van der Waals surface area contributed by atoms with E-state index in [1.165, 1.54) is 37.1 Å². The zero-order chi connectivity index (χ0) is 13.8. The van der Waals surface area contributed by atoms with Crippen molar-refractivity contribution in [3.63, 3.8) is 0 Å². The number of aromatic nitrogens is 6. The predicted molar refractivity (Wildman–Crippen MR) is 74.4 cm³/mol. The monoisotopic (exact) mass is 285 g/mol. The quantitative estimate of drug-likeness (QED) is 0.841. The molecule has 21 heavy (non-hydrogen) atoms. The third-order valence-corrected chi connectivity index (χ3v) is 4.78. The standard InChI is InChI=1S/C14H19N7/c1-2-10(1)20-9-15-12-7-19(6-5-13(12)20)8-14-16-17-18-21(14)11-3-4-11/h9-11H,1-8H2. The molecule has 3 heterocycles. The Bertz CT molecular complexity index is 665. The SMILES string of the molecule is c1nc2c(n1C1CC1)CCN(Cc1nnnn1C1CC1)C2. The average molecular weight is 285 g/mol. The molecule has 0 amide bonds. The van der Waals surface area contributed by atoms with Gasteiger partial charge in [0.05, 0.1) is 24.6 Å². The van der Waals surface area contributed by atoms with Gasteiger partial charge >= 0.3 is 0 Å². The van der Waals surface area contributed by atoms with Gasteiger partial charge in [0.25, 0.3) is 0 Å². The molecule has 0 atom stereocenters. The summed E-state index contributed by atoms with van der Waals surface area (Å²) in [4.78, 5) is 7.04. The summed E-state index contributed by atoms with van der Waals surface area (Å²) >= 11 is 0. The van der Waals surface area contributed by atoms with Crippen LogP contribution >= 0.6 is 0 Å². The first kappa shape index (κ1) is 11.9. The molecular weight excluding hydrogens is 266 g/mol. The van der Waals surface area contributed by atoms with Crippen LogP contribution < -0.4 is 0 Å². The van der Waals surface area contributed by atoms with Gasteiger partial charge in [0.15, 0.2) is 5.82 Å². The number of rotatable bonds is 4. The van der Waals surface area contributed by atoms with Gasteiger partial charge in [-0.2, -0.15) is 0 Å². The summed E-state index contributed by atoms with van der Waals surface area (Å²) in [5, 5.41) is 12.2. The first-order chi connectivity index (χ1) is 10.4. The van der Waals surface area contributed by atoms with E-state index in [-0.39, 0.29) is 0 Å². The second kappa shape index (κ2) is 4.37. The maximum Gasteiger partial charge on any atom is 0.165 e. The van der Waals surface area contributed by atoms with Crippen molar-refractivity contribution in [2.24, 2.45) is 0 Å². The summed E-state index contributed by atoms with van der Waals surface area (Å²) < 4.78 is 4.42. The number of nitrogens with zero attached hydrogens (tertiary/aromatic N) is 7. The normalized spacial score (nSPS) is 22.5. The van der Waals surface area contributed by atoms with Gasteiger partial charge in [-0.15, -0.1) is 5.10 Å². The highest BCUT2D eigenvalue weighted by Crippen LogP contribution is 2.37. The summed E-state index contributed by atoms with van der Waals surface area (Å²) in [7, 11) is 0. The lowest BCUT2D eigenvalue weighted by molar-refractivity contribution is 0.229. The fraction of sp³-hybridized carbons (Fsp3) is 0.714. The average Bonchev–Trinajstić information content (AvgIpc) is 3.43. The largest absolute Gasteiger partial charge is 0.331 e. The Balaban J connectivity index is 1.33. The van der Waals surface area contributed by atoms with E-state index in [1.807, 2.05) is 11.0 Å². The van der Waals surface area contributed by atoms with E-state index in [0.717, 1.165) is 37.9 Å². The smallest absolute Gasteiger partial charge is 0.165 e. The third-order valence-electron chi connectivity index (χ3n) is 4.78. The van der Waals surface area contributed by atoms with Crippen LogP contribution in [-0.2, 0) is 19.5 Å². The maximum absolute atomic E-state index is 4.63. The van der Waals surface area contributed by atoms with Gasteiger partial charge in [-0.25, -0.2) is 9.67 Å². The van der Waals surface area contributed by atoms with Crippen molar-refractivity contribution < 1.29 is 0 Å². The number of hydrogen-bond donors (Lipinski definition) is 0. The first-order valence-electron chi connectivity index (χ1n) is 7.92. The fourth-order valence-corrected chi connectivity index (χ4v) is 3.31. The van der Waals surface area contributed by atoms with Crippen LogP contribution in [0.4, 0.5) is 0 Å². The van der Waals surface area contributed by atoms with Gasteiger partial charge in [0.1, 0.15) is 0 Å². The molecule has 3 aliphatic rings. The van der Waals surface area contributed by atoms with E-state index in [4.69, 9.17) is 0 Å². The fourth-order valence-electron chi connectivity index (χ4n) is 3.31. The molecule has 1 aliphatic heterocycles. The molecule has 110 valence electrons. The Morgan fingerprint density at radius 3 is 2.81 bits per heavy atom. The minimum atomic E-state index is 0.546. The molecular formula is C14H19N7. The Morgan fingerprint density at radius 1 is 1.14 bits per heavy atom. The summed E-state index contributed by atoms with van der Waals surface area (Å²) in [5.74, 6) is 1.00. The van der Waals surface area contributed by atoms with Crippen LogP contribution in [0.15, 0.2) is 6.33 Å². The summed E-state index contributed by atoms with van der Waals surface area (Å²) in [5.41, 5.74) is 2.70. The van der Waals surface area contributed by atoms with Crippen LogP contribution in [0, 0.1) is 0 Å². The Hall–Kier alpha value is -1.76. The second-order valence-electron chi connectivity index (χ2n) is 6.51. The van der Waals surface area contributed by atoms with E-state index in [1.54, 1.807) is 0 Å². The predicted octanol–water partition coefficient (Wildman–Crippen LogP) is 1.10. The highest BCUT2D eigenvalue weighted by molar-refractivity contribution is 5.18. The molecule has 0 aromatic carbocycles. The molecule has 2 fully saturated rings. The van der Waals surface area contributed by atoms with Crippen LogP contribution in [0.5, 0.6) is 0 Å².